The number of aryl methyl sites for hydroxylation is 1. The molecule has 1 aromatic heterocycles. The first-order chi connectivity index (χ1) is 15.4. The van der Waals surface area contributed by atoms with E-state index in [0.717, 1.165) is 39.0 Å². The van der Waals surface area contributed by atoms with E-state index in [2.05, 4.69) is 26.6 Å². The zero-order valence-electron chi connectivity index (χ0n) is 17.4. The van der Waals surface area contributed by atoms with Gasteiger partial charge in [0, 0.05) is 6.54 Å². The fourth-order valence-corrected chi connectivity index (χ4v) is 4.62. The lowest BCUT2D eigenvalue weighted by Gasteiger charge is -2.09. The molecule has 3 aromatic carbocycles. The lowest BCUT2D eigenvalue weighted by Crippen LogP contribution is -2.17. The Bertz CT molecular complexity index is 1350. The Morgan fingerprint density at radius 2 is 1.88 bits per heavy atom. The molecule has 0 aliphatic carbocycles. The van der Waals surface area contributed by atoms with E-state index >= 15 is 0 Å². The molecule has 32 heavy (non-hydrogen) atoms. The Labute approximate surface area is 190 Å². The summed E-state index contributed by atoms with van der Waals surface area (Å²) in [6.45, 7) is 3.19. The highest BCUT2D eigenvalue weighted by Crippen LogP contribution is 2.30. The molecule has 4 rings (SSSR count). The molecule has 0 fully saturated rings. The first-order valence-corrected chi connectivity index (χ1v) is 12.3. The lowest BCUT2D eigenvalue weighted by atomic mass is 10.1. The molecule has 0 aliphatic heterocycles. The van der Waals surface area contributed by atoms with Crippen LogP contribution in [0.1, 0.15) is 16.7 Å². The third-order valence-corrected chi connectivity index (χ3v) is 6.63. The summed E-state index contributed by atoms with van der Waals surface area (Å²) in [5, 5.41) is 12.7. The second-order valence-corrected chi connectivity index (χ2v) is 9.78. The number of para-hydroxylation sites is 1. The van der Waals surface area contributed by atoms with E-state index in [1.54, 1.807) is 6.07 Å². The van der Waals surface area contributed by atoms with Crippen LogP contribution in [0.25, 0.3) is 10.2 Å². The summed E-state index contributed by atoms with van der Waals surface area (Å²) in [5.41, 5.74) is 4.69. The van der Waals surface area contributed by atoms with Crippen molar-refractivity contribution in [3.63, 3.8) is 0 Å². The molecular weight excluding hydrogens is 444 g/mol. The molecule has 0 unspecified atom stereocenters. The van der Waals surface area contributed by atoms with Crippen LogP contribution in [-0.4, -0.2) is 24.5 Å². The van der Waals surface area contributed by atoms with Crippen molar-refractivity contribution in [2.75, 3.05) is 6.54 Å². The van der Waals surface area contributed by atoms with Crippen LogP contribution in [0.15, 0.2) is 81.9 Å². The maximum Gasteiger partial charge on any atom is 0.294 e. The van der Waals surface area contributed by atoms with Gasteiger partial charge in [-0.15, -0.1) is 10.2 Å². The number of fused-ring (bicyclic) bond motifs is 1. The van der Waals surface area contributed by atoms with Crippen molar-refractivity contribution in [2.24, 2.45) is 10.2 Å². The van der Waals surface area contributed by atoms with Gasteiger partial charge in [0.2, 0.25) is 5.13 Å². The van der Waals surface area contributed by atoms with E-state index in [4.69, 9.17) is 0 Å². The van der Waals surface area contributed by atoms with Gasteiger partial charge in [-0.25, -0.2) is 4.98 Å². The topological polar surface area (TPSA) is 104 Å². The lowest BCUT2D eigenvalue weighted by molar-refractivity contribution is 0.483. The number of benzene rings is 3. The molecule has 7 nitrogen and oxygen atoms in total. The van der Waals surface area contributed by atoms with Crippen molar-refractivity contribution >= 4 is 42.5 Å². The molecule has 0 amide bonds. The number of nitrogens with one attached hydrogen (secondary N) is 1. The smallest absolute Gasteiger partial charge is 0.294 e. The Kier molecular flexibility index (Phi) is 6.71. The van der Waals surface area contributed by atoms with Crippen LogP contribution >= 0.6 is 11.3 Å². The van der Waals surface area contributed by atoms with Gasteiger partial charge in [0.05, 0.1) is 20.8 Å². The van der Waals surface area contributed by atoms with Gasteiger partial charge < -0.3 is 5.32 Å². The van der Waals surface area contributed by atoms with Crippen LogP contribution < -0.4 is 5.32 Å². The number of nitrogens with zero attached hydrogens (tertiary/aromatic N) is 3. The average Bonchev–Trinajstić information content (AvgIpc) is 3.19. The average molecular weight is 467 g/mol. The Balaban J connectivity index is 1.41. The van der Waals surface area contributed by atoms with Crippen molar-refractivity contribution in [1.82, 2.24) is 10.3 Å². The van der Waals surface area contributed by atoms with E-state index in [1.165, 1.54) is 23.5 Å². The molecule has 0 spiro atoms. The summed E-state index contributed by atoms with van der Waals surface area (Å²) < 4.78 is 32.9. The maximum atomic E-state index is 11.3. The van der Waals surface area contributed by atoms with E-state index in [1.807, 2.05) is 49.4 Å². The Morgan fingerprint density at radius 3 is 2.69 bits per heavy atom. The van der Waals surface area contributed by atoms with Crippen molar-refractivity contribution in [3.05, 3.63) is 83.4 Å². The maximum absolute atomic E-state index is 11.3. The minimum atomic E-state index is -4.20. The zero-order valence-corrected chi connectivity index (χ0v) is 19.0. The second kappa shape index (κ2) is 9.66. The van der Waals surface area contributed by atoms with E-state index < -0.39 is 10.1 Å². The highest BCUT2D eigenvalue weighted by molar-refractivity contribution is 7.85. The van der Waals surface area contributed by atoms with Crippen LogP contribution in [0.3, 0.4) is 0 Å². The number of azo groups is 1. The Morgan fingerprint density at radius 1 is 1.03 bits per heavy atom. The summed E-state index contributed by atoms with van der Waals surface area (Å²) in [5.74, 6) is 0. The van der Waals surface area contributed by atoms with Gasteiger partial charge in [-0.05, 0) is 61.3 Å². The number of hydrogen-bond acceptors (Lipinski definition) is 7. The molecule has 4 aromatic rings. The predicted molar refractivity (Wildman–Crippen MR) is 127 cm³/mol. The summed E-state index contributed by atoms with van der Waals surface area (Å²) in [6.07, 6.45) is 0.730. The minimum absolute atomic E-state index is 0.104. The molecule has 164 valence electrons. The van der Waals surface area contributed by atoms with Crippen molar-refractivity contribution in [3.8, 4) is 0 Å². The van der Waals surface area contributed by atoms with Crippen LogP contribution in [-0.2, 0) is 23.1 Å². The van der Waals surface area contributed by atoms with Crippen LogP contribution in [0.4, 0.5) is 10.8 Å². The zero-order chi connectivity index (χ0) is 22.6. The van der Waals surface area contributed by atoms with Crippen molar-refractivity contribution < 1.29 is 13.0 Å². The summed E-state index contributed by atoms with van der Waals surface area (Å²) >= 11 is 1.50. The van der Waals surface area contributed by atoms with Gasteiger partial charge in [-0.1, -0.05) is 53.3 Å². The van der Waals surface area contributed by atoms with E-state index in [0.29, 0.717) is 18.2 Å². The van der Waals surface area contributed by atoms with Crippen molar-refractivity contribution in [2.45, 2.75) is 24.8 Å². The van der Waals surface area contributed by atoms with Gasteiger partial charge >= 0.3 is 0 Å². The summed E-state index contributed by atoms with van der Waals surface area (Å²) in [6, 6.07) is 20.2. The number of hydrogen-bond donors (Lipinski definition) is 2. The molecule has 2 N–H and O–H groups in total. The molecule has 0 atom stereocenters. The highest BCUT2D eigenvalue weighted by atomic mass is 32.2. The third kappa shape index (κ3) is 5.63. The molecule has 0 saturated carbocycles. The van der Waals surface area contributed by atoms with E-state index in [-0.39, 0.29) is 4.90 Å². The molecule has 0 aliphatic rings. The SMILES string of the molecule is Cc1ccc(N=Nc2nc3ccccc3s2)c(CCNCc2cccc(S(=O)(=O)O)c2)c1. The third-order valence-electron chi connectivity index (χ3n) is 4.86. The first-order valence-electron chi connectivity index (χ1n) is 10.0. The minimum Gasteiger partial charge on any atom is -0.312 e. The number of aromatic nitrogens is 1. The fourth-order valence-electron chi connectivity index (χ4n) is 3.28. The monoisotopic (exact) mass is 466 g/mol. The van der Waals surface area contributed by atoms with Gasteiger partial charge in [0.1, 0.15) is 0 Å². The van der Waals surface area contributed by atoms with Gasteiger partial charge in [0.25, 0.3) is 10.1 Å². The fraction of sp³-hybridized carbons (Fsp3) is 0.174. The van der Waals surface area contributed by atoms with Gasteiger partial charge in [-0.3, -0.25) is 4.55 Å². The predicted octanol–water partition coefficient (Wildman–Crippen LogP) is 5.60. The van der Waals surface area contributed by atoms with Gasteiger partial charge in [-0.2, -0.15) is 8.42 Å². The molecule has 0 saturated heterocycles. The number of rotatable bonds is 8. The van der Waals surface area contributed by atoms with Crippen molar-refractivity contribution in [1.29, 1.82) is 0 Å². The molecule has 9 heteroatoms. The highest BCUT2D eigenvalue weighted by Gasteiger charge is 2.09. The Hall–Kier alpha value is -2.98. The molecule has 0 bridgehead atoms. The van der Waals surface area contributed by atoms with E-state index in [9.17, 15) is 13.0 Å². The first kappa shape index (κ1) is 22.2. The van der Waals surface area contributed by atoms with Crippen LogP contribution in [0.2, 0.25) is 0 Å². The molecular formula is C23H22N4O3S2. The molecule has 1 heterocycles. The normalized spacial score (nSPS) is 12.1. The molecule has 0 radical (unpaired) electrons. The standard InChI is InChI=1S/C23H22N4O3S2/c1-16-9-10-20(26-27-23-25-21-7-2-3-8-22(21)31-23)18(13-16)11-12-24-15-17-5-4-6-19(14-17)32(28,29)30/h2-10,13-14,24H,11-12,15H2,1H3,(H,28,29,30). The van der Waals surface area contributed by atoms with Crippen LogP contribution in [0.5, 0.6) is 0 Å². The summed E-state index contributed by atoms with van der Waals surface area (Å²) in [7, 11) is -4.20. The van der Waals surface area contributed by atoms with Gasteiger partial charge in [0.15, 0.2) is 0 Å². The summed E-state index contributed by atoms with van der Waals surface area (Å²) in [4.78, 5) is 4.39. The quantitative estimate of drug-likeness (QED) is 0.200. The van der Waals surface area contributed by atoms with Crippen LogP contribution in [0, 0.1) is 6.92 Å². The number of thiazole rings is 1. The second-order valence-electron chi connectivity index (χ2n) is 7.35. The largest absolute Gasteiger partial charge is 0.312 e.